The van der Waals surface area contributed by atoms with Crippen molar-refractivity contribution in [2.24, 2.45) is 11.8 Å². The van der Waals surface area contributed by atoms with Crippen LogP contribution in [0.25, 0.3) is 0 Å². The lowest BCUT2D eigenvalue weighted by Gasteiger charge is -2.27. The summed E-state index contributed by atoms with van der Waals surface area (Å²) in [4.78, 5) is 0. The third kappa shape index (κ3) is 1.20. The number of hydrogen-bond donors (Lipinski definition) is 1. The van der Waals surface area contributed by atoms with Crippen molar-refractivity contribution < 1.29 is 0 Å². The van der Waals surface area contributed by atoms with Gasteiger partial charge in [0.05, 0.1) is 0 Å². The van der Waals surface area contributed by atoms with E-state index in [9.17, 15) is 0 Å². The van der Waals surface area contributed by atoms with Crippen molar-refractivity contribution >= 4 is 0 Å². The van der Waals surface area contributed by atoms with Crippen molar-refractivity contribution in [2.45, 2.75) is 39.7 Å². The summed E-state index contributed by atoms with van der Waals surface area (Å²) in [5.74, 6) is 1.73. The van der Waals surface area contributed by atoms with Crippen molar-refractivity contribution in [1.82, 2.24) is 5.32 Å². The van der Waals surface area contributed by atoms with E-state index in [1.54, 1.807) is 0 Å². The maximum absolute atomic E-state index is 3.55. The molecule has 0 bridgehead atoms. The van der Waals surface area contributed by atoms with Crippen LogP contribution >= 0.6 is 0 Å². The van der Waals surface area contributed by atoms with Crippen LogP contribution in [0.15, 0.2) is 0 Å². The summed E-state index contributed by atoms with van der Waals surface area (Å²) in [6.07, 6.45) is 1.31. The largest absolute Gasteiger partial charge is 0.311 e. The van der Waals surface area contributed by atoms with Gasteiger partial charge in [0, 0.05) is 5.54 Å². The van der Waals surface area contributed by atoms with Crippen molar-refractivity contribution in [3.63, 3.8) is 0 Å². The molecule has 1 heterocycles. The van der Waals surface area contributed by atoms with Crippen LogP contribution in [0.3, 0.4) is 0 Å². The fraction of sp³-hybridized carbons (Fsp3) is 1.00. The van der Waals surface area contributed by atoms with Crippen LogP contribution in [0.4, 0.5) is 0 Å². The van der Waals surface area contributed by atoms with E-state index in [1.807, 2.05) is 0 Å². The van der Waals surface area contributed by atoms with Gasteiger partial charge in [-0.3, -0.25) is 0 Å². The SMILES string of the molecule is CCC1C(C)CNC1(C)C. The Morgan fingerprint density at radius 2 is 2.10 bits per heavy atom. The smallest absolute Gasteiger partial charge is 0.0156 e. The summed E-state index contributed by atoms with van der Waals surface area (Å²) in [5, 5.41) is 3.55. The van der Waals surface area contributed by atoms with Crippen LogP contribution in [0.1, 0.15) is 34.1 Å². The number of nitrogens with one attached hydrogen (secondary N) is 1. The second-order valence-corrected chi connectivity index (χ2v) is 4.09. The summed E-state index contributed by atoms with van der Waals surface area (Å²) in [7, 11) is 0. The van der Waals surface area contributed by atoms with Crippen molar-refractivity contribution in [3.8, 4) is 0 Å². The molecule has 1 nitrogen and oxygen atoms in total. The van der Waals surface area contributed by atoms with E-state index in [2.05, 4.69) is 33.0 Å². The molecular weight excluding hydrogens is 122 g/mol. The Bertz CT molecular complexity index is 118. The third-order valence-electron chi connectivity index (χ3n) is 2.93. The fourth-order valence-electron chi connectivity index (χ4n) is 2.32. The summed E-state index contributed by atoms with van der Waals surface area (Å²) in [6, 6.07) is 0. The molecule has 1 aliphatic heterocycles. The molecule has 2 atom stereocenters. The zero-order chi connectivity index (χ0) is 7.78. The van der Waals surface area contributed by atoms with E-state index in [0.717, 1.165) is 11.8 Å². The standard InChI is InChI=1S/C9H19N/c1-5-8-7(2)6-10-9(8,3)4/h7-8,10H,5-6H2,1-4H3. The molecular formula is C9H19N. The van der Waals surface area contributed by atoms with E-state index in [1.165, 1.54) is 13.0 Å². The van der Waals surface area contributed by atoms with E-state index in [-0.39, 0.29) is 0 Å². The summed E-state index contributed by atoms with van der Waals surface area (Å²) < 4.78 is 0. The Labute approximate surface area is 64.2 Å². The lowest BCUT2D eigenvalue weighted by Crippen LogP contribution is -2.38. The van der Waals surface area contributed by atoms with Gasteiger partial charge in [0.15, 0.2) is 0 Å². The molecule has 2 unspecified atom stereocenters. The van der Waals surface area contributed by atoms with E-state index < -0.39 is 0 Å². The van der Waals surface area contributed by atoms with Crippen molar-refractivity contribution in [1.29, 1.82) is 0 Å². The van der Waals surface area contributed by atoms with Gasteiger partial charge in [-0.2, -0.15) is 0 Å². The van der Waals surface area contributed by atoms with Gasteiger partial charge < -0.3 is 5.32 Å². The van der Waals surface area contributed by atoms with Gasteiger partial charge in [-0.05, 0) is 32.2 Å². The highest BCUT2D eigenvalue weighted by Crippen LogP contribution is 2.32. The van der Waals surface area contributed by atoms with Crippen molar-refractivity contribution in [3.05, 3.63) is 0 Å². The van der Waals surface area contributed by atoms with Crippen LogP contribution < -0.4 is 5.32 Å². The molecule has 0 aliphatic carbocycles. The molecule has 0 spiro atoms. The molecule has 0 aromatic carbocycles. The van der Waals surface area contributed by atoms with Gasteiger partial charge in [0.25, 0.3) is 0 Å². The fourth-order valence-corrected chi connectivity index (χ4v) is 2.32. The minimum atomic E-state index is 0.383. The Balaban J connectivity index is 2.63. The first-order chi connectivity index (χ1) is 4.58. The molecule has 0 aromatic heterocycles. The van der Waals surface area contributed by atoms with Gasteiger partial charge >= 0.3 is 0 Å². The molecule has 60 valence electrons. The van der Waals surface area contributed by atoms with Gasteiger partial charge in [-0.1, -0.05) is 20.3 Å². The minimum absolute atomic E-state index is 0.383. The third-order valence-corrected chi connectivity index (χ3v) is 2.93. The monoisotopic (exact) mass is 141 g/mol. The van der Waals surface area contributed by atoms with E-state index in [4.69, 9.17) is 0 Å². The Kier molecular flexibility index (Phi) is 2.04. The second-order valence-electron chi connectivity index (χ2n) is 4.09. The topological polar surface area (TPSA) is 12.0 Å². The average molecular weight is 141 g/mol. The maximum Gasteiger partial charge on any atom is 0.0156 e. The van der Waals surface area contributed by atoms with Crippen LogP contribution in [-0.4, -0.2) is 12.1 Å². The maximum atomic E-state index is 3.55. The van der Waals surface area contributed by atoms with E-state index in [0.29, 0.717) is 5.54 Å². The first-order valence-electron chi connectivity index (χ1n) is 4.33. The molecule has 0 saturated carbocycles. The predicted molar refractivity (Wildman–Crippen MR) is 45.0 cm³/mol. The molecule has 1 rings (SSSR count). The molecule has 1 N–H and O–H groups in total. The highest BCUT2D eigenvalue weighted by atomic mass is 15.0. The van der Waals surface area contributed by atoms with Crippen LogP contribution in [0, 0.1) is 11.8 Å². The van der Waals surface area contributed by atoms with Crippen LogP contribution in [0.5, 0.6) is 0 Å². The van der Waals surface area contributed by atoms with Gasteiger partial charge in [-0.25, -0.2) is 0 Å². The predicted octanol–water partition coefficient (Wildman–Crippen LogP) is 2.03. The molecule has 1 saturated heterocycles. The molecule has 0 amide bonds. The molecule has 1 heteroatoms. The Morgan fingerprint density at radius 3 is 2.30 bits per heavy atom. The Morgan fingerprint density at radius 1 is 1.50 bits per heavy atom. The molecule has 1 fully saturated rings. The normalized spacial score (nSPS) is 38.4. The lowest BCUT2D eigenvalue weighted by molar-refractivity contribution is 0.287. The summed E-state index contributed by atoms with van der Waals surface area (Å²) in [5.41, 5.74) is 0.383. The van der Waals surface area contributed by atoms with E-state index >= 15 is 0 Å². The summed E-state index contributed by atoms with van der Waals surface area (Å²) in [6.45, 7) is 10.5. The zero-order valence-corrected chi connectivity index (χ0v) is 7.57. The van der Waals surface area contributed by atoms with Gasteiger partial charge in [-0.15, -0.1) is 0 Å². The summed E-state index contributed by atoms with van der Waals surface area (Å²) >= 11 is 0. The first kappa shape index (κ1) is 8.06. The zero-order valence-electron chi connectivity index (χ0n) is 7.57. The second kappa shape index (κ2) is 2.54. The lowest BCUT2D eigenvalue weighted by atomic mass is 9.82. The average Bonchev–Trinajstić information content (AvgIpc) is 2.07. The number of rotatable bonds is 1. The number of hydrogen-bond acceptors (Lipinski definition) is 1. The minimum Gasteiger partial charge on any atom is -0.311 e. The highest BCUT2D eigenvalue weighted by Gasteiger charge is 2.37. The van der Waals surface area contributed by atoms with Gasteiger partial charge in [0.2, 0.25) is 0 Å². The molecule has 10 heavy (non-hydrogen) atoms. The van der Waals surface area contributed by atoms with Crippen LogP contribution in [0.2, 0.25) is 0 Å². The first-order valence-corrected chi connectivity index (χ1v) is 4.33. The molecule has 0 radical (unpaired) electrons. The molecule has 0 aromatic rings. The van der Waals surface area contributed by atoms with Crippen LogP contribution in [-0.2, 0) is 0 Å². The molecule has 1 aliphatic rings. The Hall–Kier alpha value is -0.0400. The highest BCUT2D eigenvalue weighted by molar-refractivity contribution is 4.94. The van der Waals surface area contributed by atoms with Crippen molar-refractivity contribution in [2.75, 3.05) is 6.54 Å². The van der Waals surface area contributed by atoms with Gasteiger partial charge in [0.1, 0.15) is 0 Å². The quantitative estimate of drug-likeness (QED) is 0.589.